The van der Waals surface area contributed by atoms with Crippen molar-refractivity contribution in [1.82, 2.24) is 9.97 Å². The van der Waals surface area contributed by atoms with Crippen molar-refractivity contribution in [3.05, 3.63) is 24.5 Å². The summed E-state index contributed by atoms with van der Waals surface area (Å²) in [5.41, 5.74) is 0.497. The second kappa shape index (κ2) is 9.31. The molecule has 29 heavy (non-hydrogen) atoms. The van der Waals surface area contributed by atoms with Crippen LogP contribution in [0.1, 0.15) is 19.8 Å². The molecule has 0 aliphatic carbocycles. The fourth-order valence-electron chi connectivity index (χ4n) is 3.26. The predicted molar refractivity (Wildman–Crippen MR) is 111 cm³/mol. The van der Waals surface area contributed by atoms with Gasteiger partial charge in [-0.2, -0.15) is 0 Å². The number of carbonyl (C=O) groups excluding carboxylic acids is 1. The topological polar surface area (TPSA) is 97.8 Å². The number of nitrogens with one attached hydrogen (secondary N) is 2. The minimum Gasteiger partial charge on any atom is -0.493 e. The van der Waals surface area contributed by atoms with Gasteiger partial charge in [0, 0.05) is 31.3 Å². The Labute approximate surface area is 170 Å². The Balaban J connectivity index is 1.69. The Hall–Kier alpha value is -3.23. The molecule has 3 rings (SSSR count). The quantitative estimate of drug-likeness (QED) is 0.766. The van der Waals surface area contributed by atoms with Crippen LogP contribution in [0.2, 0.25) is 0 Å². The van der Waals surface area contributed by atoms with E-state index < -0.39 is 6.03 Å². The lowest BCUT2D eigenvalue weighted by molar-refractivity contribution is 0.262. The summed E-state index contributed by atoms with van der Waals surface area (Å²) in [4.78, 5) is 23.2. The lowest BCUT2D eigenvalue weighted by atomic mass is 9.99. The number of rotatable bonds is 6. The number of benzene rings is 1. The Kier molecular flexibility index (Phi) is 6.58. The summed E-state index contributed by atoms with van der Waals surface area (Å²) >= 11 is 0. The van der Waals surface area contributed by atoms with Gasteiger partial charge in [0.15, 0.2) is 11.5 Å². The van der Waals surface area contributed by atoms with Crippen LogP contribution in [0, 0.1) is 5.92 Å². The van der Waals surface area contributed by atoms with Gasteiger partial charge in [-0.25, -0.2) is 14.8 Å². The molecule has 1 fully saturated rings. The van der Waals surface area contributed by atoms with Crippen LogP contribution in [0.4, 0.5) is 22.1 Å². The number of anilines is 3. The number of carbonyl (C=O) groups is 1. The van der Waals surface area contributed by atoms with Gasteiger partial charge in [-0.3, -0.25) is 5.32 Å². The molecule has 0 unspecified atom stereocenters. The summed E-state index contributed by atoms with van der Waals surface area (Å²) in [7, 11) is 4.56. The van der Waals surface area contributed by atoms with Crippen LogP contribution in [0.3, 0.4) is 0 Å². The zero-order chi connectivity index (χ0) is 20.8. The standard InChI is InChI=1S/C20H27N5O4/c1-13-5-7-25(8-6-13)18-11-17(21-12-22-18)24-20(26)23-14-9-15(27-2)19(29-4)16(10-14)28-3/h9-13H,5-8H2,1-4H3,(H2,21,22,23,24,26). The number of piperidine rings is 1. The van der Waals surface area contributed by atoms with Gasteiger partial charge in [0.2, 0.25) is 5.75 Å². The van der Waals surface area contributed by atoms with Crippen molar-refractivity contribution in [3.8, 4) is 17.2 Å². The van der Waals surface area contributed by atoms with Crippen LogP contribution in [0.25, 0.3) is 0 Å². The molecular formula is C20H27N5O4. The monoisotopic (exact) mass is 401 g/mol. The summed E-state index contributed by atoms with van der Waals surface area (Å²) in [6, 6.07) is 4.66. The number of aromatic nitrogens is 2. The van der Waals surface area contributed by atoms with Crippen LogP contribution in [-0.4, -0.2) is 50.4 Å². The highest BCUT2D eigenvalue weighted by molar-refractivity contribution is 5.99. The lowest BCUT2D eigenvalue weighted by Gasteiger charge is -2.31. The number of methoxy groups -OCH3 is 3. The Morgan fingerprint density at radius 1 is 1.00 bits per heavy atom. The summed E-state index contributed by atoms with van der Waals surface area (Å²) in [5.74, 6) is 3.33. The summed E-state index contributed by atoms with van der Waals surface area (Å²) in [6.07, 6.45) is 3.73. The van der Waals surface area contributed by atoms with Gasteiger partial charge in [0.05, 0.1) is 27.0 Å². The first kappa shape index (κ1) is 20.5. The highest BCUT2D eigenvalue weighted by Gasteiger charge is 2.18. The fourth-order valence-corrected chi connectivity index (χ4v) is 3.26. The van der Waals surface area contributed by atoms with Gasteiger partial charge in [-0.1, -0.05) is 6.92 Å². The second-order valence-electron chi connectivity index (χ2n) is 6.92. The molecule has 1 aromatic carbocycles. The summed E-state index contributed by atoms with van der Waals surface area (Å²) < 4.78 is 15.9. The van der Waals surface area contributed by atoms with Crippen molar-refractivity contribution < 1.29 is 19.0 Å². The van der Waals surface area contributed by atoms with Gasteiger partial charge < -0.3 is 24.4 Å². The van der Waals surface area contributed by atoms with Crippen molar-refractivity contribution in [1.29, 1.82) is 0 Å². The van der Waals surface area contributed by atoms with E-state index in [0.717, 1.165) is 37.7 Å². The molecule has 2 aromatic rings. The van der Waals surface area contributed by atoms with Crippen molar-refractivity contribution in [2.75, 3.05) is 50.0 Å². The van der Waals surface area contributed by atoms with Crippen molar-refractivity contribution in [2.45, 2.75) is 19.8 Å². The Morgan fingerprint density at radius 3 is 2.24 bits per heavy atom. The van der Waals surface area contributed by atoms with E-state index in [4.69, 9.17) is 14.2 Å². The van der Waals surface area contributed by atoms with E-state index in [1.165, 1.54) is 27.7 Å². The number of amides is 2. The van der Waals surface area contributed by atoms with E-state index in [1.807, 2.05) is 0 Å². The van der Waals surface area contributed by atoms with Gasteiger partial charge in [0.25, 0.3) is 0 Å². The van der Waals surface area contributed by atoms with E-state index in [9.17, 15) is 4.79 Å². The normalized spacial score (nSPS) is 14.3. The molecule has 1 aromatic heterocycles. The molecular weight excluding hydrogens is 374 g/mol. The first-order valence-electron chi connectivity index (χ1n) is 9.49. The number of ether oxygens (including phenoxy) is 3. The average Bonchev–Trinajstić information content (AvgIpc) is 2.73. The van der Waals surface area contributed by atoms with E-state index in [-0.39, 0.29) is 0 Å². The molecule has 0 radical (unpaired) electrons. The van der Waals surface area contributed by atoms with E-state index in [2.05, 4.69) is 32.4 Å². The zero-order valence-electron chi connectivity index (χ0n) is 17.2. The van der Waals surface area contributed by atoms with Crippen molar-refractivity contribution in [2.24, 2.45) is 5.92 Å². The third-order valence-electron chi connectivity index (χ3n) is 4.92. The molecule has 9 nitrogen and oxygen atoms in total. The molecule has 2 heterocycles. The third-order valence-corrected chi connectivity index (χ3v) is 4.92. The summed E-state index contributed by atoms with van der Waals surface area (Å²) in [6.45, 7) is 4.17. The van der Waals surface area contributed by atoms with E-state index >= 15 is 0 Å². The smallest absolute Gasteiger partial charge is 0.324 e. The predicted octanol–water partition coefficient (Wildman–Crippen LogP) is 3.38. The second-order valence-corrected chi connectivity index (χ2v) is 6.92. The molecule has 2 N–H and O–H groups in total. The van der Waals surface area contributed by atoms with Crippen LogP contribution >= 0.6 is 0 Å². The zero-order valence-corrected chi connectivity index (χ0v) is 17.2. The minimum atomic E-state index is -0.434. The SMILES string of the molecule is COc1cc(NC(=O)Nc2cc(N3CCC(C)CC3)ncn2)cc(OC)c1OC. The molecule has 9 heteroatoms. The Bertz CT molecular complexity index is 828. The number of hydrogen-bond donors (Lipinski definition) is 2. The lowest BCUT2D eigenvalue weighted by Crippen LogP contribution is -2.33. The molecule has 2 amide bonds. The number of hydrogen-bond acceptors (Lipinski definition) is 7. The van der Waals surface area contributed by atoms with Crippen LogP contribution < -0.4 is 29.7 Å². The van der Waals surface area contributed by atoms with Crippen LogP contribution in [0.15, 0.2) is 24.5 Å². The fraction of sp³-hybridized carbons (Fsp3) is 0.450. The highest BCUT2D eigenvalue weighted by Crippen LogP contribution is 2.39. The number of nitrogens with zero attached hydrogens (tertiary/aromatic N) is 3. The maximum atomic E-state index is 12.5. The van der Waals surface area contributed by atoms with Crippen LogP contribution in [-0.2, 0) is 0 Å². The third kappa shape index (κ3) is 4.98. The Morgan fingerprint density at radius 2 is 1.66 bits per heavy atom. The molecule has 1 aliphatic rings. The summed E-state index contributed by atoms with van der Waals surface area (Å²) in [5, 5.41) is 5.50. The van der Waals surface area contributed by atoms with Crippen molar-refractivity contribution in [3.63, 3.8) is 0 Å². The van der Waals surface area contributed by atoms with Gasteiger partial charge in [-0.05, 0) is 18.8 Å². The molecule has 156 valence electrons. The maximum absolute atomic E-state index is 12.5. The van der Waals surface area contributed by atoms with Gasteiger partial charge in [0.1, 0.15) is 18.0 Å². The maximum Gasteiger partial charge on any atom is 0.324 e. The molecule has 1 aliphatic heterocycles. The first-order valence-corrected chi connectivity index (χ1v) is 9.49. The molecule has 0 spiro atoms. The highest BCUT2D eigenvalue weighted by atomic mass is 16.5. The van der Waals surface area contributed by atoms with Crippen molar-refractivity contribution >= 4 is 23.4 Å². The van der Waals surface area contributed by atoms with Crippen LogP contribution in [0.5, 0.6) is 17.2 Å². The molecule has 1 saturated heterocycles. The molecule has 0 bridgehead atoms. The molecule has 0 atom stereocenters. The van der Waals surface area contributed by atoms with E-state index in [1.54, 1.807) is 18.2 Å². The van der Waals surface area contributed by atoms with E-state index in [0.29, 0.717) is 28.8 Å². The van der Waals surface area contributed by atoms with Gasteiger partial charge >= 0.3 is 6.03 Å². The molecule has 0 saturated carbocycles. The average molecular weight is 401 g/mol. The minimum absolute atomic E-state index is 0.429. The largest absolute Gasteiger partial charge is 0.493 e. The first-order chi connectivity index (χ1) is 14.0. The number of urea groups is 1. The van der Waals surface area contributed by atoms with Gasteiger partial charge in [-0.15, -0.1) is 0 Å².